The van der Waals surface area contributed by atoms with Gasteiger partial charge in [-0.05, 0) is 55.5 Å². The van der Waals surface area contributed by atoms with Crippen LogP contribution in [0.5, 0.6) is 5.75 Å². The first-order valence-corrected chi connectivity index (χ1v) is 10.9. The normalized spacial score (nSPS) is 10.7. The highest BCUT2D eigenvalue weighted by Gasteiger charge is 2.19. The van der Waals surface area contributed by atoms with E-state index in [-0.39, 0.29) is 17.5 Å². The lowest BCUT2D eigenvalue weighted by atomic mass is 10.2. The van der Waals surface area contributed by atoms with Gasteiger partial charge in [0.2, 0.25) is 5.91 Å². The molecule has 0 aliphatic rings. The summed E-state index contributed by atoms with van der Waals surface area (Å²) < 4.78 is 21.4. The molecule has 4 aromatic rings. The number of nitrogens with one attached hydrogen (secondary N) is 1. The average molecular weight is 449 g/mol. The van der Waals surface area contributed by atoms with Crippen LogP contribution in [0, 0.1) is 12.7 Å². The Labute approximate surface area is 189 Å². The van der Waals surface area contributed by atoms with Crippen molar-refractivity contribution in [3.8, 4) is 22.8 Å². The first-order chi connectivity index (χ1) is 15.5. The minimum Gasteiger partial charge on any atom is -0.497 e. The van der Waals surface area contributed by atoms with E-state index in [0.717, 1.165) is 11.3 Å². The van der Waals surface area contributed by atoms with Crippen LogP contribution in [0.1, 0.15) is 5.56 Å². The molecule has 3 aromatic carbocycles. The molecule has 0 bridgehead atoms. The van der Waals surface area contributed by atoms with Crippen LogP contribution in [0.4, 0.5) is 10.1 Å². The van der Waals surface area contributed by atoms with Crippen LogP contribution in [0.25, 0.3) is 17.1 Å². The highest BCUT2D eigenvalue weighted by atomic mass is 32.2. The third kappa shape index (κ3) is 4.81. The van der Waals surface area contributed by atoms with Gasteiger partial charge in [-0.2, -0.15) is 0 Å². The lowest BCUT2D eigenvalue weighted by molar-refractivity contribution is -0.113. The molecule has 0 fully saturated rings. The quantitative estimate of drug-likeness (QED) is 0.398. The molecule has 0 saturated heterocycles. The van der Waals surface area contributed by atoms with Crippen LogP contribution in [0.15, 0.2) is 78.0 Å². The van der Waals surface area contributed by atoms with Crippen LogP contribution in [-0.2, 0) is 4.79 Å². The first kappa shape index (κ1) is 21.6. The number of thioether (sulfide) groups is 1. The lowest BCUT2D eigenvalue weighted by Crippen LogP contribution is -2.14. The van der Waals surface area contributed by atoms with Gasteiger partial charge in [0, 0.05) is 11.4 Å². The van der Waals surface area contributed by atoms with Crippen molar-refractivity contribution in [1.82, 2.24) is 14.8 Å². The van der Waals surface area contributed by atoms with Crippen LogP contribution < -0.4 is 10.1 Å². The zero-order valence-corrected chi connectivity index (χ0v) is 18.4. The molecular weight excluding hydrogens is 427 g/mol. The van der Waals surface area contributed by atoms with E-state index in [1.165, 1.54) is 17.8 Å². The molecule has 1 amide bonds. The summed E-state index contributed by atoms with van der Waals surface area (Å²) in [4.78, 5) is 12.5. The SMILES string of the molecule is COc1ccc(NC(=O)CSc2nnc(-c3ccccc3F)n2-c2ccc(C)cc2)cc1. The number of carbonyl (C=O) groups is 1. The van der Waals surface area contributed by atoms with Crippen molar-refractivity contribution in [2.75, 3.05) is 18.2 Å². The van der Waals surface area contributed by atoms with Crippen molar-refractivity contribution in [1.29, 1.82) is 0 Å². The summed E-state index contributed by atoms with van der Waals surface area (Å²) in [6.07, 6.45) is 0. The van der Waals surface area contributed by atoms with E-state index in [1.54, 1.807) is 54.1 Å². The Kier molecular flexibility index (Phi) is 6.51. The summed E-state index contributed by atoms with van der Waals surface area (Å²) >= 11 is 1.23. The second-order valence-corrected chi connectivity index (χ2v) is 7.96. The van der Waals surface area contributed by atoms with Gasteiger partial charge in [-0.15, -0.1) is 10.2 Å². The number of rotatable bonds is 7. The number of aromatic nitrogens is 3. The predicted molar refractivity (Wildman–Crippen MR) is 124 cm³/mol. The molecule has 1 aromatic heterocycles. The van der Waals surface area contributed by atoms with Gasteiger partial charge in [0.05, 0.1) is 18.4 Å². The summed E-state index contributed by atoms with van der Waals surface area (Å²) in [6, 6.07) is 21.3. The Morgan fingerprint density at radius 2 is 1.75 bits per heavy atom. The highest BCUT2D eigenvalue weighted by molar-refractivity contribution is 7.99. The third-order valence-corrected chi connectivity index (χ3v) is 5.68. The first-order valence-electron chi connectivity index (χ1n) is 9.89. The maximum absolute atomic E-state index is 14.5. The summed E-state index contributed by atoms with van der Waals surface area (Å²) in [6.45, 7) is 1.99. The van der Waals surface area contributed by atoms with Crippen LogP contribution in [0.3, 0.4) is 0 Å². The smallest absolute Gasteiger partial charge is 0.234 e. The molecule has 0 aliphatic carbocycles. The van der Waals surface area contributed by atoms with Gasteiger partial charge in [-0.25, -0.2) is 4.39 Å². The van der Waals surface area contributed by atoms with Gasteiger partial charge in [0.1, 0.15) is 11.6 Å². The Morgan fingerprint density at radius 1 is 1.03 bits per heavy atom. The maximum Gasteiger partial charge on any atom is 0.234 e. The molecule has 162 valence electrons. The Balaban J connectivity index is 1.58. The molecule has 6 nitrogen and oxygen atoms in total. The molecule has 0 atom stereocenters. The van der Waals surface area contributed by atoms with Gasteiger partial charge in [-0.3, -0.25) is 9.36 Å². The number of hydrogen-bond donors (Lipinski definition) is 1. The Morgan fingerprint density at radius 3 is 2.44 bits per heavy atom. The van der Waals surface area contributed by atoms with E-state index < -0.39 is 0 Å². The summed E-state index contributed by atoms with van der Waals surface area (Å²) in [5, 5.41) is 11.8. The molecule has 0 aliphatic heterocycles. The van der Waals surface area contributed by atoms with Crippen molar-refractivity contribution < 1.29 is 13.9 Å². The van der Waals surface area contributed by atoms with Crippen molar-refractivity contribution in [2.24, 2.45) is 0 Å². The third-order valence-electron chi connectivity index (χ3n) is 4.75. The number of amides is 1. The predicted octanol–water partition coefficient (Wildman–Crippen LogP) is 5.12. The number of halogens is 1. The number of carbonyl (C=O) groups excluding carboxylic acids is 1. The standard InChI is InChI=1S/C24H21FN4O2S/c1-16-7-11-18(12-8-16)29-23(20-5-3-4-6-21(20)25)27-28-24(29)32-15-22(30)26-17-9-13-19(31-2)14-10-17/h3-14H,15H2,1-2H3,(H,26,30). The van der Waals surface area contributed by atoms with Gasteiger partial charge in [0.25, 0.3) is 0 Å². The minimum atomic E-state index is -0.387. The molecule has 1 heterocycles. The zero-order valence-electron chi connectivity index (χ0n) is 17.6. The van der Waals surface area contributed by atoms with E-state index in [4.69, 9.17) is 4.74 Å². The van der Waals surface area contributed by atoms with Crippen LogP contribution in [-0.4, -0.2) is 33.5 Å². The number of ether oxygens (including phenoxy) is 1. The molecule has 8 heteroatoms. The van der Waals surface area contributed by atoms with E-state index in [1.807, 2.05) is 31.2 Å². The second kappa shape index (κ2) is 9.65. The molecule has 32 heavy (non-hydrogen) atoms. The number of methoxy groups -OCH3 is 1. The highest BCUT2D eigenvalue weighted by Crippen LogP contribution is 2.29. The van der Waals surface area contributed by atoms with Crippen LogP contribution in [0.2, 0.25) is 0 Å². The fraction of sp³-hybridized carbons (Fsp3) is 0.125. The molecule has 0 unspecified atom stereocenters. The van der Waals surface area contributed by atoms with E-state index in [0.29, 0.717) is 28.0 Å². The lowest BCUT2D eigenvalue weighted by Gasteiger charge is -2.11. The fourth-order valence-electron chi connectivity index (χ4n) is 3.11. The van der Waals surface area contributed by atoms with Gasteiger partial charge < -0.3 is 10.1 Å². The van der Waals surface area contributed by atoms with Crippen molar-refractivity contribution in [3.63, 3.8) is 0 Å². The second-order valence-electron chi connectivity index (χ2n) is 7.02. The summed E-state index contributed by atoms with van der Waals surface area (Å²) in [7, 11) is 1.59. The number of aryl methyl sites for hydroxylation is 1. The maximum atomic E-state index is 14.5. The summed E-state index contributed by atoms with van der Waals surface area (Å²) in [5.41, 5.74) is 2.90. The Hall–Kier alpha value is -3.65. The molecule has 0 spiro atoms. The van der Waals surface area contributed by atoms with Gasteiger partial charge in [0.15, 0.2) is 11.0 Å². The van der Waals surface area contributed by atoms with Crippen LogP contribution >= 0.6 is 11.8 Å². The van der Waals surface area contributed by atoms with Crippen molar-refractivity contribution >= 4 is 23.4 Å². The minimum absolute atomic E-state index is 0.118. The number of anilines is 1. The largest absolute Gasteiger partial charge is 0.497 e. The van der Waals surface area contributed by atoms with Crippen molar-refractivity contribution in [2.45, 2.75) is 12.1 Å². The topological polar surface area (TPSA) is 69.0 Å². The Bertz CT molecular complexity index is 1220. The molecule has 4 rings (SSSR count). The molecule has 0 radical (unpaired) electrons. The van der Waals surface area contributed by atoms with E-state index in [9.17, 15) is 9.18 Å². The molecule has 0 saturated carbocycles. The number of nitrogens with zero attached hydrogens (tertiary/aromatic N) is 3. The van der Waals surface area contributed by atoms with Crippen molar-refractivity contribution in [3.05, 3.63) is 84.2 Å². The fourth-order valence-corrected chi connectivity index (χ4v) is 3.86. The van der Waals surface area contributed by atoms with Gasteiger partial charge >= 0.3 is 0 Å². The zero-order chi connectivity index (χ0) is 22.5. The number of benzene rings is 3. The average Bonchev–Trinajstić information content (AvgIpc) is 3.23. The van der Waals surface area contributed by atoms with Gasteiger partial charge in [-0.1, -0.05) is 41.6 Å². The summed E-state index contributed by atoms with van der Waals surface area (Å²) in [5.74, 6) is 0.634. The molecule has 1 N–H and O–H groups in total. The van der Waals surface area contributed by atoms with E-state index >= 15 is 0 Å². The van der Waals surface area contributed by atoms with E-state index in [2.05, 4.69) is 15.5 Å². The number of hydrogen-bond acceptors (Lipinski definition) is 5. The monoisotopic (exact) mass is 448 g/mol. The molecular formula is C24H21FN4O2S.